The van der Waals surface area contributed by atoms with Crippen molar-refractivity contribution in [2.45, 2.75) is 13.0 Å². The molecular formula is C16H14ClN5O2. The number of hydrogen-bond acceptors (Lipinski definition) is 7. The molecule has 0 amide bonds. The highest BCUT2D eigenvalue weighted by molar-refractivity contribution is 6.27. The van der Waals surface area contributed by atoms with Gasteiger partial charge in [0.1, 0.15) is 17.8 Å². The van der Waals surface area contributed by atoms with Gasteiger partial charge in [-0.15, -0.1) is 0 Å². The highest BCUT2D eigenvalue weighted by Crippen LogP contribution is 2.15. The van der Waals surface area contributed by atoms with Crippen LogP contribution in [0.3, 0.4) is 0 Å². The molecule has 0 atom stereocenters. The topological polar surface area (TPSA) is 107 Å². The standard InChI is InChI=1S/C16H14ClN5O2/c17-16-22-13(9-24-16)14(23)7-10-3-5-19-11(6-10)8-21-12-2-1-4-20-15(12)18/h1-6,9,21H,7-8H2,(H2,18,20). The summed E-state index contributed by atoms with van der Waals surface area (Å²) in [6.45, 7) is 0.466. The normalized spacial score (nSPS) is 10.5. The maximum absolute atomic E-state index is 12.1. The Kier molecular flexibility index (Phi) is 4.72. The minimum absolute atomic E-state index is 0.0490. The Hall–Kier alpha value is -2.93. The summed E-state index contributed by atoms with van der Waals surface area (Å²) in [5, 5.41) is 3.12. The van der Waals surface area contributed by atoms with Gasteiger partial charge in [-0.05, 0) is 41.4 Å². The Morgan fingerprint density at radius 2 is 2.17 bits per heavy atom. The molecule has 0 fully saturated rings. The van der Waals surface area contributed by atoms with Crippen LogP contribution in [-0.4, -0.2) is 20.7 Å². The maximum atomic E-state index is 12.1. The lowest BCUT2D eigenvalue weighted by Gasteiger charge is -2.08. The lowest BCUT2D eigenvalue weighted by atomic mass is 10.1. The molecule has 0 radical (unpaired) electrons. The second-order valence-corrected chi connectivity index (χ2v) is 5.35. The molecule has 122 valence electrons. The summed E-state index contributed by atoms with van der Waals surface area (Å²) in [6, 6.07) is 7.26. The third-order valence-corrected chi connectivity index (χ3v) is 3.48. The highest BCUT2D eigenvalue weighted by atomic mass is 35.5. The van der Waals surface area contributed by atoms with E-state index in [9.17, 15) is 4.79 Å². The van der Waals surface area contributed by atoms with Gasteiger partial charge in [-0.3, -0.25) is 9.78 Å². The minimum Gasteiger partial charge on any atom is -0.435 e. The number of nitrogen functional groups attached to an aromatic ring is 1. The van der Waals surface area contributed by atoms with Gasteiger partial charge < -0.3 is 15.5 Å². The molecule has 3 aromatic heterocycles. The van der Waals surface area contributed by atoms with E-state index in [1.165, 1.54) is 6.26 Å². The van der Waals surface area contributed by atoms with E-state index in [4.69, 9.17) is 21.8 Å². The Bertz CT molecular complexity index is 865. The zero-order valence-electron chi connectivity index (χ0n) is 12.6. The fourth-order valence-corrected chi connectivity index (χ4v) is 2.28. The second kappa shape index (κ2) is 7.10. The van der Waals surface area contributed by atoms with Crippen molar-refractivity contribution in [1.82, 2.24) is 15.0 Å². The molecule has 0 saturated carbocycles. The Balaban J connectivity index is 1.66. The number of pyridine rings is 2. The van der Waals surface area contributed by atoms with Crippen LogP contribution >= 0.6 is 11.6 Å². The predicted molar refractivity (Wildman–Crippen MR) is 89.8 cm³/mol. The number of aromatic nitrogens is 3. The fraction of sp³-hybridized carbons (Fsp3) is 0.125. The first-order valence-electron chi connectivity index (χ1n) is 7.14. The van der Waals surface area contributed by atoms with Gasteiger partial charge in [-0.2, -0.15) is 4.98 Å². The molecule has 24 heavy (non-hydrogen) atoms. The monoisotopic (exact) mass is 343 g/mol. The summed E-state index contributed by atoms with van der Waals surface area (Å²) >= 11 is 5.58. The number of carbonyl (C=O) groups is 1. The molecule has 0 aromatic carbocycles. The first-order valence-corrected chi connectivity index (χ1v) is 7.52. The molecule has 0 aliphatic carbocycles. The van der Waals surface area contributed by atoms with Crippen molar-refractivity contribution < 1.29 is 9.21 Å². The van der Waals surface area contributed by atoms with Crippen LogP contribution in [0.25, 0.3) is 0 Å². The zero-order valence-corrected chi connectivity index (χ0v) is 13.3. The van der Waals surface area contributed by atoms with Crippen molar-refractivity contribution in [3.8, 4) is 0 Å². The molecule has 3 rings (SSSR count). The number of halogens is 1. The molecule has 0 saturated heterocycles. The van der Waals surface area contributed by atoms with Crippen LogP contribution in [0.15, 0.2) is 47.3 Å². The number of carbonyl (C=O) groups excluding carboxylic acids is 1. The Morgan fingerprint density at radius 3 is 2.92 bits per heavy atom. The molecule has 0 unspecified atom stereocenters. The second-order valence-electron chi connectivity index (χ2n) is 5.03. The van der Waals surface area contributed by atoms with Crippen molar-refractivity contribution in [3.05, 3.63) is 65.2 Å². The first kappa shape index (κ1) is 15.9. The molecule has 0 spiro atoms. The van der Waals surface area contributed by atoms with Crippen molar-refractivity contribution in [2.75, 3.05) is 11.1 Å². The average Bonchev–Trinajstić information content (AvgIpc) is 3.01. The number of Topliss-reactive ketones (excluding diaryl/α,β-unsaturated/α-hetero) is 1. The van der Waals surface area contributed by atoms with Crippen molar-refractivity contribution >= 4 is 28.9 Å². The van der Waals surface area contributed by atoms with Gasteiger partial charge in [0.05, 0.1) is 17.9 Å². The van der Waals surface area contributed by atoms with E-state index in [1.807, 2.05) is 12.1 Å². The van der Waals surface area contributed by atoms with Gasteiger partial charge in [0.25, 0.3) is 5.35 Å². The van der Waals surface area contributed by atoms with Gasteiger partial charge in [0, 0.05) is 18.8 Å². The number of nitrogens with one attached hydrogen (secondary N) is 1. The number of nitrogens with zero attached hydrogens (tertiary/aromatic N) is 3. The van der Waals surface area contributed by atoms with E-state index in [0.717, 1.165) is 16.9 Å². The number of nitrogens with two attached hydrogens (primary N) is 1. The maximum Gasteiger partial charge on any atom is 0.292 e. The van der Waals surface area contributed by atoms with Gasteiger partial charge in [-0.25, -0.2) is 4.98 Å². The molecule has 3 heterocycles. The van der Waals surface area contributed by atoms with Crippen molar-refractivity contribution in [2.24, 2.45) is 0 Å². The van der Waals surface area contributed by atoms with Crippen LogP contribution in [-0.2, 0) is 13.0 Å². The van der Waals surface area contributed by atoms with Crippen LogP contribution in [0.2, 0.25) is 5.35 Å². The molecule has 3 aromatic rings. The molecule has 7 nitrogen and oxygen atoms in total. The largest absolute Gasteiger partial charge is 0.435 e. The van der Waals surface area contributed by atoms with Gasteiger partial charge in [0.2, 0.25) is 0 Å². The minimum atomic E-state index is -0.174. The molecule has 3 N–H and O–H groups in total. The van der Waals surface area contributed by atoms with Gasteiger partial charge in [0.15, 0.2) is 5.78 Å². The molecule has 8 heteroatoms. The third-order valence-electron chi connectivity index (χ3n) is 3.31. The number of ketones is 1. The van der Waals surface area contributed by atoms with E-state index < -0.39 is 0 Å². The van der Waals surface area contributed by atoms with E-state index in [1.54, 1.807) is 24.5 Å². The van der Waals surface area contributed by atoms with Crippen LogP contribution in [0.4, 0.5) is 11.5 Å². The number of anilines is 2. The highest BCUT2D eigenvalue weighted by Gasteiger charge is 2.12. The average molecular weight is 344 g/mol. The fourth-order valence-electron chi connectivity index (χ4n) is 2.14. The first-order chi connectivity index (χ1) is 11.6. The third kappa shape index (κ3) is 3.88. The predicted octanol–water partition coefficient (Wildman–Crippen LogP) is 2.74. The van der Waals surface area contributed by atoms with Crippen LogP contribution in [0.1, 0.15) is 21.7 Å². The summed E-state index contributed by atoms with van der Waals surface area (Å²) in [4.78, 5) is 24.2. The van der Waals surface area contributed by atoms with Gasteiger partial charge in [-0.1, -0.05) is 0 Å². The lowest BCUT2D eigenvalue weighted by Crippen LogP contribution is -2.07. The van der Waals surface area contributed by atoms with E-state index in [-0.39, 0.29) is 23.2 Å². The molecule has 0 aliphatic heterocycles. The zero-order chi connectivity index (χ0) is 16.9. The summed E-state index contributed by atoms with van der Waals surface area (Å²) in [7, 11) is 0. The summed E-state index contributed by atoms with van der Waals surface area (Å²) < 4.78 is 4.84. The molecule has 0 aliphatic rings. The summed E-state index contributed by atoms with van der Waals surface area (Å²) in [5.74, 6) is 0.249. The Labute approximate surface area is 142 Å². The van der Waals surface area contributed by atoms with Crippen LogP contribution in [0, 0.1) is 0 Å². The van der Waals surface area contributed by atoms with Crippen molar-refractivity contribution in [1.29, 1.82) is 0 Å². The number of hydrogen-bond donors (Lipinski definition) is 2. The Morgan fingerprint density at radius 1 is 1.29 bits per heavy atom. The smallest absolute Gasteiger partial charge is 0.292 e. The van der Waals surface area contributed by atoms with Crippen molar-refractivity contribution in [3.63, 3.8) is 0 Å². The molecule has 0 bridgehead atoms. The van der Waals surface area contributed by atoms with E-state index in [0.29, 0.717) is 12.4 Å². The van der Waals surface area contributed by atoms with E-state index >= 15 is 0 Å². The van der Waals surface area contributed by atoms with Crippen LogP contribution < -0.4 is 11.1 Å². The number of oxazole rings is 1. The lowest BCUT2D eigenvalue weighted by molar-refractivity contribution is 0.0988. The quantitative estimate of drug-likeness (QED) is 0.662. The van der Waals surface area contributed by atoms with E-state index in [2.05, 4.69) is 20.3 Å². The van der Waals surface area contributed by atoms with Crippen LogP contribution in [0.5, 0.6) is 0 Å². The summed E-state index contributed by atoms with van der Waals surface area (Å²) in [5.41, 5.74) is 8.33. The van der Waals surface area contributed by atoms with Gasteiger partial charge >= 0.3 is 0 Å². The number of rotatable bonds is 6. The SMILES string of the molecule is Nc1ncccc1NCc1cc(CC(=O)c2coc(Cl)n2)ccn1. The molecular weight excluding hydrogens is 330 g/mol. The summed E-state index contributed by atoms with van der Waals surface area (Å²) in [6.07, 6.45) is 4.72.